The number of benzene rings is 3. The Kier molecular flexibility index (Phi) is 8.52. The number of halogens is 2. The maximum Gasteiger partial charge on any atom is 0.335 e. The SMILES string of the molecule is O=C(O)c1ccc(N(CC2CCCCC2)c2nc(-c3ccc(NCc4ccc(Cl)c(Cl)c4)cc3)cs2)cc1. The molecule has 0 amide bonds. The van der Waals surface area contributed by atoms with Gasteiger partial charge in [-0.2, -0.15) is 0 Å². The molecule has 0 atom stereocenters. The molecule has 1 fully saturated rings. The molecule has 0 saturated heterocycles. The van der Waals surface area contributed by atoms with E-state index in [9.17, 15) is 9.90 Å². The Bertz CT molecular complexity index is 1380. The van der Waals surface area contributed by atoms with E-state index in [-0.39, 0.29) is 0 Å². The fourth-order valence-corrected chi connectivity index (χ4v) is 6.02. The fraction of sp³-hybridized carbons (Fsp3) is 0.267. The topological polar surface area (TPSA) is 65.5 Å². The number of carboxylic acids is 1. The van der Waals surface area contributed by atoms with Crippen LogP contribution in [0.25, 0.3) is 11.3 Å². The summed E-state index contributed by atoms with van der Waals surface area (Å²) in [6.07, 6.45) is 6.29. The van der Waals surface area contributed by atoms with Crippen molar-refractivity contribution in [3.05, 3.63) is 93.3 Å². The van der Waals surface area contributed by atoms with Crippen molar-refractivity contribution in [3.8, 4) is 11.3 Å². The Labute approximate surface area is 237 Å². The molecule has 38 heavy (non-hydrogen) atoms. The van der Waals surface area contributed by atoms with Crippen molar-refractivity contribution in [3.63, 3.8) is 0 Å². The highest BCUT2D eigenvalue weighted by Crippen LogP contribution is 2.35. The van der Waals surface area contributed by atoms with Gasteiger partial charge in [-0.3, -0.25) is 0 Å². The van der Waals surface area contributed by atoms with Crippen LogP contribution in [0.3, 0.4) is 0 Å². The average molecular weight is 567 g/mol. The predicted molar refractivity (Wildman–Crippen MR) is 158 cm³/mol. The first-order chi connectivity index (χ1) is 18.5. The molecule has 0 unspecified atom stereocenters. The molecular formula is C30H29Cl2N3O2S. The highest BCUT2D eigenvalue weighted by atomic mass is 35.5. The Morgan fingerprint density at radius 3 is 2.39 bits per heavy atom. The largest absolute Gasteiger partial charge is 0.478 e. The predicted octanol–water partition coefficient (Wildman–Crippen LogP) is 9.15. The summed E-state index contributed by atoms with van der Waals surface area (Å²) >= 11 is 13.8. The normalized spacial score (nSPS) is 13.8. The van der Waals surface area contributed by atoms with E-state index in [4.69, 9.17) is 28.2 Å². The van der Waals surface area contributed by atoms with Crippen LogP contribution in [0.4, 0.5) is 16.5 Å². The Morgan fingerprint density at radius 1 is 0.974 bits per heavy atom. The monoisotopic (exact) mass is 565 g/mol. The first kappa shape index (κ1) is 26.5. The van der Waals surface area contributed by atoms with E-state index in [2.05, 4.69) is 39.9 Å². The minimum atomic E-state index is -0.915. The van der Waals surface area contributed by atoms with Crippen molar-refractivity contribution >= 4 is 57.0 Å². The van der Waals surface area contributed by atoms with E-state index in [0.29, 0.717) is 28.1 Å². The summed E-state index contributed by atoms with van der Waals surface area (Å²) < 4.78 is 0. The van der Waals surface area contributed by atoms with Crippen molar-refractivity contribution in [2.45, 2.75) is 38.6 Å². The van der Waals surface area contributed by atoms with Crippen molar-refractivity contribution in [2.24, 2.45) is 5.92 Å². The molecule has 196 valence electrons. The van der Waals surface area contributed by atoms with Crippen LogP contribution in [0.2, 0.25) is 10.0 Å². The molecule has 5 rings (SSSR count). The minimum absolute atomic E-state index is 0.291. The molecule has 0 aliphatic heterocycles. The molecule has 0 spiro atoms. The van der Waals surface area contributed by atoms with Crippen LogP contribution in [0.5, 0.6) is 0 Å². The molecule has 1 heterocycles. The lowest BCUT2D eigenvalue weighted by Gasteiger charge is -2.29. The number of carboxylic acid groups (broad SMARTS) is 1. The van der Waals surface area contributed by atoms with E-state index >= 15 is 0 Å². The van der Waals surface area contributed by atoms with E-state index in [1.165, 1.54) is 32.1 Å². The summed E-state index contributed by atoms with van der Waals surface area (Å²) in [6, 6.07) is 21.0. The second-order valence-corrected chi connectivity index (χ2v) is 11.3. The van der Waals surface area contributed by atoms with E-state index in [1.54, 1.807) is 23.5 Å². The number of nitrogens with zero attached hydrogens (tertiary/aromatic N) is 2. The maximum atomic E-state index is 11.4. The maximum absolute atomic E-state index is 11.4. The third-order valence-corrected chi connectivity index (χ3v) is 8.58. The Hall–Kier alpha value is -3.06. The summed E-state index contributed by atoms with van der Waals surface area (Å²) in [7, 11) is 0. The lowest BCUT2D eigenvalue weighted by Crippen LogP contribution is -2.26. The second kappa shape index (κ2) is 12.2. The molecule has 1 aliphatic carbocycles. The van der Waals surface area contributed by atoms with Crippen molar-refractivity contribution < 1.29 is 9.90 Å². The van der Waals surface area contributed by atoms with Crippen LogP contribution < -0.4 is 10.2 Å². The number of carbonyl (C=O) groups is 1. The van der Waals surface area contributed by atoms with Crippen molar-refractivity contribution in [1.29, 1.82) is 0 Å². The summed E-state index contributed by atoms with van der Waals surface area (Å²) in [4.78, 5) is 18.6. The number of aromatic nitrogens is 1. The van der Waals surface area contributed by atoms with Gasteiger partial charge in [0.05, 0.1) is 21.3 Å². The van der Waals surface area contributed by atoms with Crippen LogP contribution in [-0.2, 0) is 6.54 Å². The average Bonchev–Trinajstić information content (AvgIpc) is 3.43. The minimum Gasteiger partial charge on any atom is -0.478 e. The number of anilines is 3. The highest BCUT2D eigenvalue weighted by Gasteiger charge is 2.21. The van der Waals surface area contributed by atoms with Crippen LogP contribution >= 0.6 is 34.5 Å². The molecule has 2 N–H and O–H groups in total. The number of hydrogen-bond acceptors (Lipinski definition) is 5. The molecule has 0 bridgehead atoms. The molecule has 5 nitrogen and oxygen atoms in total. The first-order valence-corrected chi connectivity index (χ1v) is 14.4. The zero-order chi connectivity index (χ0) is 26.5. The summed E-state index contributed by atoms with van der Waals surface area (Å²) in [6.45, 7) is 1.53. The van der Waals surface area contributed by atoms with Gasteiger partial charge in [0, 0.05) is 35.4 Å². The number of rotatable bonds is 9. The zero-order valence-electron chi connectivity index (χ0n) is 20.9. The second-order valence-electron chi connectivity index (χ2n) is 9.66. The quantitative estimate of drug-likeness (QED) is 0.212. The molecule has 1 aromatic heterocycles. The molecule has 3 aromatic carbocycles. The summed E-state index contributed by atoms with van der Waals surface area (Å²) in [5.41, 5.74) is 5.31. The standard InChI is InChI=1S/C30H29Cl2N3O2S/c31-26-15-6-21(16-27(26)32)17-33-24-11-7-22(8-12-24)28-19-38-30(34-28)35(18-20-4-2-1-3-5-20)25-13-9-23(10-14-25)29(36)37/h6-16,19-20,33H,1-5,17-18H2,(H,36,37). The molecule has 1 aliphatic rings. The molecule has 8 heteroatoms. The van der Waals surface area contributed by atoms with E-state index in [0.717, 1.165) is 39.9 Å². The van der Waals surface area contributed by atoms with Gasteiger partial charge in [0.2, 0.25) is 0 Å². The molecule has 1 saturated carbocycles. The fourth-order valence-electron chi connectivity index (χ4n) is 4.84. The van der Waals surface area contributed by atoms with Gasteiger partial charge in [0.1, 0.15) is 0 Å². The van der Waals surface area contributed by atoms with E-state index in [1.807, 2.05) is 30.3 Å². The van der Waals surface area contributed by atoms with Crippen LogP contribution in [0, 0.1) is 5.92 Å². The van der Waals surface area contributed by atoms with Crippen LogP contribution in [0.15, 0.2) is 72.1 Å². The van der Waals surface area contributed by atoms with E-state index < -0.39 is 5.97 Å². The van der Waals surface area contributed by atoms with Crippen LogP contribution in [0.1, 0.15) is 48.0 Å². The summed E-state index contributed by atoms with van der Waals surface area (Å²) in [5.74, 6) is -0.307. The van der Waals surface area contributed by atoms with Crippen molar-refractivity contribution in [1.82, 2.24) is 4.98 Å². The lowest BCUT2D eigenvalue weighted by atomic mass is 9.89. The van der Waals surface area contributed by atoms with Crippen molar-refractivity contribution in [2.75, 3.05) is 16.8 Å². The number of aromatic carboxylic acids is 1. The Morgan fingerprint density at radius 2 is 1.71 bits per heavy atom. The van der Waals surface area contributed by atoms with Gasteiger partial charge in [-0.25, -0.2) is 9.78 Å². The Balaban J connectivity index is 1.31. The van der Waals surface area contributed by atoms with Gasteiger partial charge in [0.15, 0.2) is 5.13 Å². The van der Waals surface area contributed by atoms with Gasteiger partial charge >= 0.3 is 5.97 Å². The van der Waals surface area contributed by atoms with Crippen LogP contribution in [-0.4, -0.2) is 22.6 Å². The first-order valence-electron chi connectivity index (χ1n) is 12.8. The smallest absolute Gasteiger partial charge is 0.335 e. The van der Waals surface area contributed by atoms with Gasteiger partial charge < -0.3 is 15.3 Å². The molecule has 4 aromatic rings. The van der Waals surface area contributed by atoms with Gasteiger partial charge in [-0.05, 0) is 72.9 Å². The van der Waals surface area contributed by atoms with Gasteiger partial charge in [-0.1, -0.05) is 60.7 Å². The third kappa shape index (κ3) is 6.49. The lowest BCUT2D eigenvalue weighted by molar-refractivity contribution is 0.0697. The highest BCUT2D eigenvalue weighted by molar-refractivity contribution is 7.14. The number of nitrogens with one attached hydrogen (secondary N) is 1. The molecular weight excluding hydrogens is 537 g/mol. The zero-order valence-corrected chi connectivity index (χ0v) is 23.2. The summed E-state index contributed by atoms with van der Waals surface area (Å²) in [5, 5.41) is 16.9. The van der Waals surface area contributed by atoms with Gasteiger partial charge in [-0.15, -0.1) is 11.3 Å². The van der Waals surface area contributed by atoms with Gasteiger partial charge in [0.25, 0.3) is 0 Å². The molecule has 0 radical (unpaired) electrons. The number of hydrogen-bond donors (Lipinski definition) is 2. The third-order valence-electron chi connectivity index (χ3n) is 6.98. The number of thiazole rings is 1.